The van der Waals surface area contributed by atoms with Gasteiger partial charge in [0.25, 0.3) is 9.70 Å². The lowest BCUT2D eigenvalue weighted by Crippen LogP contribution is -2.31. The average molecular weight is 621 g/mol. The van der Waals surface area contributed by atoms with Gasteiger partial charge in [0.15, 0.2) is 6.29 Å². The number of nitrogens with zero attached hydrogens (tertiary/aromatic N) is 4. The van der Waals surface area contributed by atoms with Crippen LogP contribution in [0, 0.1) is 0 Å². The van der Waals surface area contributed by atoms with Gasteiger partial charge in [0.05, 0.1) is 24.5 Å². The van der Waals surface area contributed by atoms with Gasteiger partial charge in [-0.1, -0.05) is 101 Å². The molecule has 1 fully saturated rings. The van der Waals surface area contributed by atoms with Gasteiger partial charge in [-0.3, -0.25) is 4.79 Å². The number of alkyl halides is 3. The molecule has 1 saturated heterocycles. The maximum absolute atomic E-state index is 12.0. The number of halogens is 3. The first-order chi connectivity index (χ1) is 19.3. The maximum Gasteiger partial charge on any atom is 0.276 e. The molecule has 3 aromatic carbocycles. The van der Waals surface area contributed by atoms with Gasteiger partial charge < -0.3 is 19.9 Å². The largest absolute Gasteiger partial charge is 0.392 e. The Morgan fingerprint density at radius 3 is 2.38 bits per heavy atom. The number of rotatable bonds is 8. The Bertz CT molecular complexity index is 1420. The van der Waals surface area contributed by atoms with E-state index in [1.165, 1.54) is 11.8 Å². The quantitative estimate of drug-likeness (QED) is 0.188. The van der Waals surface area contributed by atoms with Crippen molar-refractivity contribution >= 4 is 58.2 Å². The zero-order chi connectivity index (χ0) is 28.1. The van der Waals surface area contributed by atoms with Gasteiger partial charge in [0.2, 0.25) is 5.16 Å². The second-order valence-electron chi connectivity index (χ2n) is 8.94. The molecule has 0 aliphatic carbocycles. The van der Waals surface area contributed by atoms with Crippen molar-refractivity contribution < 1.29 is 19.4 Å². The molecule has 2 N–H and O–H groups in total. The van der Waals surface area contributed by atoms with E-state index < -0.39 is 16.0 Å². The van der Waals surface area contributed by atoms with Crippen molar-refractivity contribution in [2.45, 2.75) is 40.5 Å². The molecule has 13 heteroatoms. The monoisotopic (exact) mass is 619 g/mol. The number of anilines is 1. The molecule has 9 nitrogen and oxygen atoms in total. The lowest BCUT2D eigenvalue weighted by Gasteiger charge is -2.36. The summed E-state index contributed by atoms with van der Waals surface area (Å²) in [5.74, 6) is -0.174. The second-order valence-corrected chi connectivity index (χ2v) is 12.2. The lowest BCUT2D eigenvalue weighted by molar-refractivity contribution is -0.245. The number of nitrogens with one attached hydrogen (secondary N) is 1. The topological polar surface area (TPSA) is 111 Å². The van der Waals surface area contributed by atoms with E-state index in [4.69, 9.17) is 44.3 Å². The number of ether oxygens (including phenoxy) is 2. The highest BCUT2D eigenvalue weighted by atomic mass is 35.6. The first-order valence-electron chi connectivity index (χ1n) is 12.3. The third kappa shape index (κ3) is 7.13. The smallest absolute Gasteiger partial charge is 0.276 e. The van der Waals surface area contributed by atoms with Gasteiger partial charge in [0.1, 0.15) is 0 Å². The van der Waals surface area contributed by atoms with E-state index in [-0.39, 0.29) is 18.8 Å². The Hall–Kier alpha value is -2.70. The van der Waals surface area contributed by atoms with Gasteiger partial charge in [-0.25, -0.2) is 0 Å². The molecule has 1 aromatic heterocycles. The van der Waals surface area contributed by atoms with Crippen molar-refractivity contribution in [1.29, 1.82) is 0 Å². The highest BCUT2D eigenvalue weighted by molar-refractivity contribution is 7.99. The zero-order valence-corrected chi connectivity index (χ0v) is 23.9. The minimum absolute atomic E-state index is 0.0336. The van der Waals surface area contributed by atoms with E-state index in [0.717, 1.165) is 22.4 Å². The number of thioether (sulfide) groups is 1. The Labute approximate surface area is 249 Å². The fourth-order valence-corrected chi connectivity index (χ4v) is 5.17. The number of benzene rings is 3. The Morgan fingerprint density at radius 2 is 1.70 bits per heavy atom. The van der Waals surface area contributed by atoms with Gasteiger partial charge in [-0.15, -0.1) is 5.10 Å². The van der Waals surface area contributed by atoms with Crippen molar-refractivity contribution in [3.8, 4) is 5.69 Å². The van der Waals surface area contributed by atoms with Crippen molar-refractivity contribution in [3.63, 3.8) is 0 Å². The first-order valence-corrected chi connectivity index (χ1v) is 14.4. The zero-order valence-electron chi connectivity index (χ0n) is 20.9. The molecule has 0 saturated carbocycles. The van der Waals surface area contributed by atoms with Gasteiger partial charge >= 0.3 is 0 Å². The van der Waals surface area contributed by atoms with Crippen molar-refractivity contribution in [1.82, 2.24) is 20.2 Å². The van der Waals surface area contributed by atoms with Crippen LogP contribution < -0.4 is 5.32 Å². The highest BCUT2D eigenvalue weighted by Crippen LogP contribution is 2.39. The van der Waals surface area contributed by atoms with Crippen molar-refractivity contribution in [2.24, 2.45) is 0 Å². The molecular weight excluding hydrogens is 597 g/mol. The molecule has 3 unspecified atom stereocenters. The summed E-state index contributed by atoms with van der Waals surface area (Å²) in [6, 6.07) is 24.3. The van der Waals surface area contributed by atoms with Gasteiger partial charge in [-0.05, 0) is 45.8 Å². The number of hydrogen-bond acceptors (Lipinski definition) is 8. The number of aromatic nitrogens is 4. The van der Waals surface area contributed by atoms with E-state index >= 15 is 0 Å². The summed E-state index contributed by atoms with van der Waals surface area (Å²) in [5, 5.41) is 24.8. The van der Waals surface area contributed by atoms with E-state index in [1.807, 2.05) is 54.6 Å². The third-order valence-corrected chi connectivity index (χ3v) is 7.72. The molecule has 40 heavy (non-hydrogen) atoms. The van der Waals surface area contributed by atoms with Crippen molar-refractivity contribution in [2.75, 3.05) is 11.1 Å². The van der Waals surface area contributed by atoms with Crippen LogP contribution in [0.15, 0.2) is 84.0 Å². The molecule has 0 bridgehead atoms. The van der Waals surface area contributed by atoms with Crippen LogP contribution in [-0.2, 0) is 20.9 Å². The summed E-state index contributed by atoms with van der Waals surface area (Å²) < 4.78 is 12.4. The van der Waals surface area contributed by atoms with E-state index in [0.29, 0.717) is 23.0 Å². The number of carbonyl (C=O) groups is 1. The summed E-state index contributed by atoms with van der Waals surface area (Å²) in [7, 11) is 0. The van der Waals surface area contributed by atoms with Crippen molar-refractivity contribution in [3.05, 3.63) is 95.6 Å². The molecule has 1 aliphatic heterocycles. The molecule has 1 amide bonds. The summed E-state index contributed by atoms with van der Waals surface area (Å²) >= 11 is 18.5. The standard InChI is InChI=1S/C27H24Cl3N5O4S/c28-27(29,30)25(37)31-20-12-10-19(11-13-20)24-38-22(14-23(39-24)18-8-6-17(15-36)7-9-18)16-40-26-32-33-34-35(26)21-4-2-1-3-5-21/h1-13,22-24,36H,14-16H2,(H,31,37). The number of hydrogen-bond donors (Lipinski definition) is 2. The number of tetrazole rings is 1. The minimum Gasteiger partial charge on any atom is -0.392 e. The number of para-hydroxylation sites is 1. The summed E-state index contributed by atoms with van der Waals surface area (Å²) in [4.78, 5) is 12.0. The third-order valence-electron chi connectivity index (χ3n) is 6.15. The average Bonchev–Trinajstić information content (AvgIpc) is 3.45. The molecule has 2 heterocycles. The fourth-order valence-electron chi connectivity index (χ4n) is 4.12. The van der Waals surface area contributed by atoms with E-state index in [9.17, 15) is 9.90 Å². The maximum atomic E-state index is 12.0. The normalized spacial score (nSPS) is 19.4. The molecule has 0 radical (unpaired) electrons. The van der Waals surface area contributed by atoms with Crippen LogP contribution in [0.2, 0.25) is 0 Å². The Balaban J connectivity index is 1.33. The summed E-state index contributed by atoms with van der Waals surface area (Å²) in [6.45, 7) is -0.0336. The Kier molecular flexibility index (Phi) is 9.27. The van der Waals surface area contributed by atoms with Crippen LogP contribution in [0.5, 0.6) is 0 Å². The molecular formula is C27H24Cl3N5O4S. The van der Waals surface area contributed by atoms with Crippen LogP contribution in [0.4, 0.5) is 5.69 Å². The molecule has 0 spiro atoms. The first kappa shape index (κ1) is 28.8. The van der Waals surface area contributed by atoms with Gasteiger partial charge in [-0.2, -0.15) is 4.68 Å². The minimum atomic E-state index is -2.07. The lowest BCUT2D eigenvalue weighted by atomic mass is 10.0. The number of carbonyl (C=O) groups excluding carboxylic acids is 1. The second kappa shape index (κ2) is 12.9. The molecule has 1 aliphatic rings. The SMILES string of the molecule is O=C(Nc1ccc(C2OC(CSc3nnnn3-c3ccccc3)CC(c3ccc(CO)cc3)O2)cc1)C(Cl)(Cl)Cl. The van der Waals surface area contributed by atoms with Crippen LogP contribution in [0.25, 0.3) is 5.69 Å². The summed E-state index contributed by atoms with van der Waals surface area (Å²) in [6.07, 6.45) is -0.529. The van der Waals surface area contributed by atoms with Gasteiger partial charge in [0, 0.05) is 23.4 Å². The van der Waals surface area contributed by atoms with E-state index in [2.05, 4.69) is 20.8 Å². The molecule has 4 aromatic rings. The fraction of sp³-hybridized carbons (Fsp3) is 0.259. The Morgan fingerprint density at radius 1 is 1.00 bits per heavy atom. The number of amides is 1. The molecule has 208 valence electrons. The van der Waals surface area contributed by atoms with Crippen LogP contribution in [0.1, 0.15) is 35.5 Å². The van der Waals surface area contributed by atoms with Crippen LogP contribution >= 0.6 is 46.6 Å². The number of aliphatic hydroxyl groups is 1. The summed E-state index contributed by atoms with van der Waals surface area (Å²) in [5.41, 5.74) is 3.88. The molecule has 5 rings (SSSR count). The highest BCUT2D eigenvalue weighted by Gasteiger charge is 2.33. The van der Waals surface area contributed by atoms with Crippen LogP contribution in [0.3, 0.4) is 0 Å². The molecule has 3 atom stereocenters. The van der Waals surface area contributed by atoms with E-state index in [1.54, 1.807) is 28.9 Å². The number of aliphatic hydroxyl groups excluding tert-OH is 1. The predicted molar refractivity (Wildman–Crippen MR) is 154 cm³/mol. The predicted octanol–water partition coefficient (Wildman–Crippen LogP) is 5.80. The van der Waals surface area contributed by atoms with Crippen LogP contribution in [-0.4, -0.2) is 46.9 Å².